The number of thioether (sulfide) groups is 1. The maximum absolute atomic E-state index is 11.5. The van der Waals surface area contributed by atoms with Crippen LogP contribution in [0.2, 0.25) is 0 Å². The molecule has 1 heterocycles. The topological polar surface area (TPSA) is 113 Å². The standard InChI is InChI=1S/C11H16N2O5S/c1-6-8(7(2)18-13-6)4-19-5-10(15)12-9(3-14)11(16)17/h9,14H,3-5H2,1-2H3,(H,12,15)(H,16,17). The van der Waals surface area contributed by atoms with Crippen LogP contribution >= 0.6 is 11.8 Å². The van der Waals surface area contributed by atoms with Crippen molar-refractivity contribution in [2.24, 2.45) is 0 Å². The van der Waals surface area contributed by atoms with Crippen LogP contribution in [0.4, 0.5) is 0 Å². The summed E-state index contributed by atoms with van der Waals surface area (Å²) in [6.45, 7) is 2.98. The SMILES string of the molecule is Cc1noc(C)c1CSCC(=O)NC(CO)C(=O)O. The van der Waals surface area contributed by atoms with Crippen molar-refractivity contribution < 1.29 is 24.3 Å². The molecule has 0 radical (unpaired) electrons. The van der Waals surface area contributed by atoms with Crippen LogP contribution in [-0.2, 0) is 15.3 Å². The Labute approximate surface area is 114 Å². The van der Waals surface area contributed by atoms with E-state index in [0.29, 0.717) is 11.5 Å². The van der Waals surface area contributed by atoms with Gasteiger partial charge in [0.05, 0.1) is 18.1 Å². The summed E-state index contributed by atoms with van der Waals surface area (Å²) in [6.07, 6.45) is 0. The monoisotopic (exact) mass is 288 g/mol. The van der Waals surface area contributed by atoms with Crippen LogP contribution in [0.3, 0.4) is 0 Å². The lowest BCUT2D eigenvalue weighted by atomic mass is 10.2. The van der Waals surface area contributed by atoms with E-state index < -0.39 is 24.5 Å². The smallest absolute Gasteiger partial charge is 0.328 e. The molecule has 1 rings (SSSR count). The van der Waals surface area contributed by atoms with Crippen LogP contribution < -0.4 is 5.32 Å². The number of aromatic nitrogens is 1. The third-order valence-electron chi connectivity index (χ3n) is 2.48. The van der Waals surface area contributed by atoms with Crippen LogP contribution in [0.25, 0.3) is 0 Å². The Morgan fingerprint density at radius 2 is 2.16 bits per heavy atom. The van der Waals surface area contributed by atoms with Crippen molar-refractivity contribution >= 4 is 23.6 Å². The van der Waals surface area contributed by atoms with Crippen molar-refractivity contribution in [3.63, 3.8) is 0 Å². The molecule has 0 bridgehead atoms. The average Bonchev–Trinajstić information content (AvgIpc) is 2.67. The van der Waals surface area contributed by atoms with Crippen LogP contribution in [0.1, 0.15) is 17.0 Å². The van der Waals surface area contributed by atoms with E-state index in [0.717, 1.165) is 11.3 Å². The molecule has 1 atom stereocenters. The molecule has 1 aromatic heterocycles. The number of amides is 1. The Morgan fingerprint density at radius 1 is 1.47 bits per heavy atom. The molecule has 0 aliphatic rings. The number of carbonyl (C=O) groups excluding carboxylic acids is 1. The molecule has 0 aliphatic carbocycles. The van der Waals surface area contributed by atoms with Gasteiger partial charge in [-0.25, -0.2) is 4.79 Å². The number of hydrogen-bond acceptors (Lipinski definition) is 6. The van der Waals surface area contributed by atoms with Gasteiger partial charge in [-0.15, -0.1) is 11.8 Å². The summed E-state index contributed by atoms with van der Waals surface area (Å²) in [7, 11) is 0. The summed E-state index contributed by atoms with van der Waals surface area (Å²) in [5.74, 6) is -0.312. The molecule has 1 amide bonds. The van der Waals surface area contributed by atoms with Gasteiger partial charge in [0.1, 0.15) is 11.8 Å². The second-order valence-corrected chi connectivity index (χ2v) is 4.92. The highest BCUT2D eigenvalue weighted by Gasteiger charge is 2.18. The van der Waals surface area contributed by atoms with Crippen LogP contribution in [0.5, 0.6) is 0 Å². The van der Waals surface area contributed by atoms with E-state index in [1.54, 1.807) is 6.92 Å². The van der Waals surface area contributed by atoms with E-state index in [2.05, 4.69) is 10.5 Å². The molecular weight excluding hydrogens is 272 g/mol. The maximum atomic E-state index is 11.5. The van der Waals surface area contributed by atoms with Crippen molar-refractivity contribution in [1.82, 2.24) is 10.5 Å². The minimum absolute atomic E-state index is 0.105. The first kappa shape index (κ1) is 15.5. The number of carbonyl (C=O) groups is 2. The Morgan fingerprint density at radius 3 is 2.63 bits per heavy atom. The first-order valence-corrected chi connectivity index (χ1v) is 6.73. The molecule has 1 unspecified atom stereocenters. The number of nitrogens with zero attached hydrogens (tertiary/aromatic N) is 1. The highest BCUT2D eigenvalue weighted by molar-refractivity contribution is 7.99. The van der Waals surface area contributed by atoms with Gasteiger partial charge in [0, 0.05) is 11.3 Å². The van der Waals surface area contributed by atoms with E-state index in [9.17, 15) is 9.59 Å². The van der Waals surface area contributed by atoms with Gasteiger partial charge in [0.2, 0.25) is 5.91 Å². The van der Waals surface area contributed by atoms with E-state index in [-0.39, 0.29) is 5.75 Å². The summed E-state index contributed by atoms with van der Waals surface area (Å²) in [6, 6.07) is -1.26. The molecule has 0 fully saturated rings. The first-order valence-electron chi connectivity index (χ1n) is 5.58. The molecule has 0 saturated carbocycles. The summed E-state index contributed by atoms with van der Waals surface area (Å²) >= 11 is 1.32. The van der Waals surface area contributed by atoms with E-state index in [1.807, 2.05) is 6.92 Å². The quantitative estimate of drug-likeness (QED) is 0.651. The fraction of sp³-hybridized carbons (Fsp3) is 0.545. The van der Waals surface area contributed by atoms with Crippen LogP contribution in [0, 0.1) is 13.8 Å². The van der Waals surface area contributed by atoms with Crippen LogP contribution in [0.15, 0.2) is 4.52 Å². The Bertz CT molecular complexity index is 440. The third kappa shape index (κ3) is 4.56. The predicted molar refractivity (Wildman–Crippen MR) is 68.8 cm³/mol. The molecule has 106 valence electrons. The van der Waals surface area contributed by atoms with Gasteiger partial charge in [-0.2, -0.15) is 0 Å². The molecule has 1 aromatic rings. The van der Waals surface area contributed by atoms with Gasteiger partial charge in [0.25, 0.3) is 0 Å². The van der Waals surface area contributed by atoms with E-state index >= 15 is 0 Å². The molecule has 0 aliphatic heterocycles. The van der Waals surface area contributed by atoms with Gasteiger partial charge in [-0.3, -0.25) is 4.79 Å². The lowest BCUT2D eigenvalue weighted by Gasteiger charge is -2.11. The number of rotatable bonds is 7. The largest absolute Gasteiger partial charge is 0.480 e. The molecule has 7 nitrogen and oxygen atoms in total. The van der Waals surface area contributed by atoms with Gasteiger partial charge in [0.15, 0.2) is 0 Å². The average molecular weight is 288 g/mol. The van der Waals surface area contributed by atoms with Crippen molar-refractivity contribution in [2.75, 3.05) is 12.4 Å². The molecule has 0 aromatic carbocycles. The number of aliphatic hydroxyl groups excluding tert-OH is 1. The Balaban J connectivity index is 2.37. The van der Waals surface area contributed by atoms with E-state index in [1.165, 1.54) is 11.8 Å². The summed E-state index contributed by atoms with van der Waals surface area (Å²) in [5, 5.41) is 23.5. The summed E-state index contributed by atoms with van der Waals surface area (Å²) in [5.41, 5.74) is 1.72. The number of nitrogens with one attached hydrogen (secondary N) is 1. The van der Waals surface area contributed by atoms with Crippen molar-refractivity contribution in [1.29, 1.82) is 0 Å². The maximum Gasteiger partial charge on any atom is 0.328 e. The molecule has 0 spiro atoms. The predicted octanol–water partition coefficient (Wildman–Crippen LogP) is 0.0863. The van der Waals surface area contributed by atoms with Gasteiger partial charge < -0.3 is 20.1 Å². The third-order valence-corrected chi connectivity index (χ3v) is 3.44. The second-order valence-electron chi connectivity index (χ2n) is 3.94. The molecular formula is C11H16N2O5S. The molecule has 8 heteroatoms. The molecule has 3 N–H and O–H groups in total. The number of aliphatic hydroxyl groups is 1. The second kappa shape index (κ2) is 7.15. The lowest BCUT2D eigenvalue weighted by molar-refractivity contribution is -0.142. The fourth-order valence-electron chi connectivity index (χ4n) is 1.38. The highest BCUT2D eigenvalue weighted by atomic mass is 32.2. The lowest BCUT2D eigenvalue weighted by Crippen LogP contribution is -2.44. The zero-order valence-electron chi connectivity index (χ0n) is 10.7. The number of hydrogen-bond donors (Lipinski definition) is 3. The molecule has 19 heavy (non-hydrogen) atoms. The van der Waals surface area contributed by atoms with Gasteiger partial charge in [-0.1, -0.05) is 5.16 Å². The van der Waals surface area contributed by atoms with Gasteiger partial charge >= 0.3 is 5.97 Å². The minimum Gasteiger partial charge on any atom is -0.480 e. The number of aliphatic carboxylic acids is 1. The normalized spacial score (nSPS) is 12.2. The van der Waals surface area contributed by atoms with E-state index in [4.69, 9.17) is 14.7 Å². The van der Waals surface area contributed by atoms with Crippen molar-refractivity contribution in [3.05, 3.63) is 17.0 Å². The fourth-order valence-corrected chi connectivity index (χ4v) is 2.36. The zero-order chi connectivity index (χ0) is 14.4. The Kier molecular flexibility index (Phi) is 5.84. The van der Waals surface area contributed by atoms with Gasteiger partial charge in [-0.05, 0) is 13.8 Å². The van der Waals surface area contributed by atoms with Crippen molar-refractivity contribution in [2.45, 2.75) is 25.6 Å². The number of carboxylic acid groups (broad SMARTS) is 1. The minimum atomic E-state index is -1.26. The summed E-state index contributed by atoms with van der Waals surface area (Å²) < 4.78 is 4.99. The zero-order valence-corrected chi connectivity index (χ0v) is 11.5. The highest BCUT2D eigenvalue weighted by Crippen LogP contribution is 2.19. The first-order chi connectivity index (χ1) is 8.95. The summed E-state index contributed by atoms with van der Waals surface area (Å²) in [4.78, 5) is 22.1. The number of carboxylic acids is 1. The van der Waals surface area contributed by atoms with Crippen molar-refractivity contribution in [3.8, 4) is 0 Å². The Hall–Kier alpha value is -1.54. The van der Waals surface area contributed by atoms with Crippen LogP contribution in [-0.4, -0.2) is 45.6 Å². The molecule has 0 saturated heterocycles. The number of aryl methyl sites for hydroxylation is 2.